The van der Waals surface area contributed by atoms with Gasteiger partial charge in [-0.2, -0.15) is 9.61 Å². The fourth-order valence-electron chi connectivity index (χ4n) is 3.48. The highest BCUT2D eigenvalue weighted by Gasteiger charge is 2.15. The molecule has 0 spiro atoms. The molecule has 0 atom stereocenters. The molecule has 4 heteroatoms. The van der Waals surface area contributed by atoms with Gasteiger partial charge in [0.2, 0.25) is 0 Å². The fourth-order valence-corrected chi connectivity index (χ4v) is 3.48. The zero-order valence-electron chi connectivity index (χ0n) is 13.5. The largest absolute Gasteiger partial charge is 0.350 e. The van der Waals surface area contributed by atoms with E-state index < -0.39 is 0 Å². The van der Waals surface area contributed by atoms with Crippen LogP contribution in [-0.4, -0.2) is 14.2 Å². The summed E-state index contributed by atoms with van der Waals surface area (Å²) in [6.07, 6.45) is 0. The van der Waals surface area contributed by atoms with E-state index >= 15 is 0 Å². The van der Waals surface area contributed by atoms with E-state index in [2.05, 4.69) is 11.2 Å². The minimum absolute atomic E-state index is 0.117. The van der Waals surface area contributed by atoms with Gasteiger partial charge >= 0.3 is 5.69 Å². The van der Waals surface area contributed by atoms with Gasteiger partial charge in [-0.15, -0.1) is 0 Å². The molecule has 0 aliphatic rings. The highest BCUT2D eigenvalue weighted by Crippen LogP contribution is 2.25. The van der Waals surface area contributed by atoms with Crippen LogP contribution in [0.3, 0.4) is 0 Å². The van der Waals surface area contributed by atoms with Crippen LogP contribution >= 0.6 is 0 Å². The van der Waals surface area contributed by atoms with Crippen LogP contribution in [0, 0.1) is 0 Å². The van der Waals surface area contributed by atoms with E-state index in [-0.39, 0.29) is 5.69 Å². The Kier molecular flexibility index (Phi) is 2.97. The molecule has 0 saturated carbocycles. The van der Waals surface area contributed by atoms with Gasteiger partial charge in [0.15, 0.2) is 0 Å². The zero-order valence-corrected chi connectivity index (χ0v) is 13.5. The Hall–Kier alpha value is -3.40. The Labute approximate surface area is 143 Å². The lowest BCUT2D eigenvalue weighted by Crippen LogP contribution is -2.28. The molecule has 4 nitrogen and oxygen atoms in total. The first-order chi connectivity index (χ1) is 12.3. The summed E-state index contributed by atoms with van der Waals surface area (Å²) in [6.45, 7) is 0.520. The molecule has 0 aliphatic carbocycles. The Morgan fingerprint density at radius 3 is 2.28 bits per heavy atom. The summed E-state index contributed by atoms with van der Waals surface area (Å²) in [5, 5.41) is 6.59. The Morgan fingerprint density at radius 1 is 0.760 bits per heavy atom. The molecular formula is C21H15N3O. The highest BCUT2D eigenvalue weighted by molar-refractivity contribution is 6.08. The molecule has 3 aromatic carbocycles. The second kappa shape index (κ2) is 5.31. The topological polar surface area (TPSA) is 39.3 Å². The maximum absolute atomic E-state index is 13.2. The highest BCUT2D eigenvalue weighted by atomic mass is 16.1. The summed E-state index contributed by atoms with van der Waals surface area (Å²) in [7, 11) is 0. The molecule has 0 bridgehead atoms. The van der Waals surface area contributed by atoms with Crippen molar-refractivity contribution in [3.05, 3.63) is 94.9 Å². The zero-order chi connectivity index (χ0) is 16.8. The lowest BCUT2D eigenvalue weighted by atomic mass is 10.1. The number of rotatable bonds is 2. The lowest BCUT2D eigenvalue weighted by Gasteiger charge is -2.11. The van der Waals surface area contributed by atoms with Gasteiger partial charge in [0.25, 0.3) is 0 Å². The van der Waals surface area contributed by atoms with Crippen molar-refractivity contribution in [2.75, 3.05) is 0 Å². The molecule has 0 radical (unpaired) electrons. The predicted molar refractivity (Wildman–Crippen MR) is 100 cm³/mol. The maximum Gasteiger partial charge on any atom is 0.350 e. The SMILES string of the molecule is O=c1n(Cc2ccccc2)c2ccccc2c2c3ccccc3nn12. The minimum atomic E-state index is -0.117. The van der Waals surface area contributed by atoms with Crippen molar-refractivity contribution in [1.29, 1.82) is 0 Å². The quantitative estimate of drug-likeness (QED) is 0.494. The molecule has 5 aromatic rings. The van der Waals surface area contributed by atoms with Crippen LogP contribution in [0.5, 0.6) is 0 Å². The first kappa shape index (κ1) is 14.0. The van der Waals surface area contributed by atoms with E-state index in [9.17, 15) is 4.79 Å². The van der Waals surface area contributed by atoms with Crippen LogP contribution < -0.4 is 5.69 Å². The summed E-state index contributed by atoms with van der Waals surface area (Å²) >= 11 is 0. The van der Waals surface area contributed by atoms with Crippen molar-refractivity contribution in [2.45, 2.75) is 6.54 Å². The van der Waals surface area contributed by atoms with Crippen molar-refractivity contribution in [3.63, 3.8) is 0 Å². The first-order valence-corrected chi connectivity index (χ1v) is 8.26. The standard InChI is InChI=1S/C21H15N3O/c25-21-23(14-15-8-2-1-3-9-15)19-13-7-5-11-17(19)20-16-10-4-6-12-18(16)22-24(20)21/h1-13H,14H2. The van der Waals surface area contributed by atoms with Crippen LogP contribution in [0.4, 0.5) is 0 Å². The fraction of sp³-hybridized carbons (Fsp3) is 0.0476. The average molecular weight is 325 g/mol. The normalized spacial score (nSPS) is 11.5. The summed E-state index contributed by atoms with van der Waals surface area (Å²) in [5.41, 5.74) is 3.61. The number of aromatic nitrogens is 3. The molecule has 0 N–H and O–H groups in total. The van der Waals surface area contributed by atoms with Gasteiger partial charge in [-0.1, -0.05) is 66.7 Å². The second-order valence-corrected chi connectivity index (χ2v) is 6.15. The van der Waals surface area contributed by atoms with Gasteiger partial charge in [0.05, 0.1) is 23.1 Å². The summed E-state index contributed by atoms with van der Waals surface area (Å²) < 4.78 is 3.33. The molecule has 2 aromatic heterocycles. The number of benzene rings is 3. The monoisotopic (exact) mass is 325 g/mol. The minimum Gasteiger partial charge on any atom is -0.287 e. The predicted octanol–water partition coefficient (Wildman–Crippen LogP) is 3.85. The van der Waals surface area contributed by atoms with E-state index in [0.29, 0.717) is 6.54 Å². The maximum atomic E-state index is 13.2. The molecule has 25 heavy (non-hydrogen) atoms. The van der Waals surface area contributed by atoms with Gasteiger partial charge in [-0.25, -0.2) is 4.79 Å². The first-order valence-electron chi connectivity index (χ1n) is 8.26. The van der Waals surface area contributed by atoms with Crippen LogP contribution in [0.15, 0.2) is 83.7 Å². The van der Waals surface area contributed by atoms with E-state index in [4.69, 9.17) is 0 Å². The molecule has 0 saturated heterocycles. The molecular weight excluding hydrogens is 310 g/mol. The number of fused-ring (bicyclic) bond motifs is 5. The second-order valence-electron chi connectivity index (χ2n) is 6.15. The van der Waals surface area contributed by atoms with E-state index in [1.54, 1.807) is 4.57 Å². The molecule has 0 fully saturated rings. The van der Waals surface area contributed by atoms with Crippen molar-refractivity contribution in [2.24, 2.45) is 0 Å². The van der Waals surface area contributed by atoms with Crippen LogP contribution in [0.1, 0.15) is 5.56 Å². The van der Waals surface area contributed by atoms with Crippen molar-refractivity contribution in [3.8, 4) is 0 Å². The van der Waals surface area contributed by atoms with Crippen LogP contribution in [0.25, 0.3) is 27.3 Å². The van der Waals surface area contributed by atoms with Crippen molar-refractivity contribution >= 4 is 27.3 Å². The average Bonchev–Trinajstić information content (AvgIpc) is 3.06. The van der Waals surface area contributed by atoms with Crippen LogP contribution in [0.2, 0.25) is 0 Å². The van der Waals surface area contributed by atoms with Gasteiger partial charge in [0, 0.05) is 10.8 Å². The molecule has 5 rings (SSSR count). The third kappa shape index (κ3) is 2.08. The number of para-hydroxylation sites is 1. The smallest absolute Gasteiger partial charge is 0.287 e. The van der Waals surface area contributed by atoms with E-state index in [0.717, 1.165) is 32.9 Å². The van der Waals surface area contributed by atoms with Gasteiger partial charge in [-0.3, -0.25) is 4.57 Å². The van der Waals surface area contributed by atoms with Gasteiger partial charge < -0.3 is 0 Å². The summed E-state index contributed by atoms with van der Waals surface area (Å²) in [4.78, 5) is 13.2. The Bertz CT molecular complexity index is 1280. The van der Waals surface area contributed by atoms with Gasteiger partial charge in [0.1, 0.15) is 0 Å². The summed E-state index contributed by atoms with van der Waals surface area (Å²) in [5.74, 6) is 0. The van der Waals surface area contributed by atoms with Crippen molar-refractivity contribution < 1.29 is 0 Å². The van der Waals surface area contributed by atoms with Gasteiger partial charge in [-0.05, 0) is 17.7 Å². The van der Waals surface area contributed by atoms with E-state index in [1.807, 2.05) is 72.8 Å². The molecule has 0 unspecified atom stereocenters. The number of hydrogen-bond donors (Lipinski definition) is 0. The third-order valence-corrected chi connectivity index (χ3v) is 4.62. The Morgan fingerprint density at radius 2 is 1.44 bits per heavy atom. The Balaban J connectivity index is 1.93. The molecule has 2 heterocycles. The molecule has 0 amide bonds. The number of hydrogen-bond acceptors (Lipinski definition) is 2. The molecule has 0 aliphatic heterocycles. The third-order valence-electron chi connectivity index (χ3n) is 4.62. The van der Waals surface area contributed by atoms with E-state index in [1.165, 1.54) is 4.52 Å². The van der Waals surface area contributed by atoms with Crippen LogP contribution in [-0.2, 0) is 6.54 Å². The lowest BCUT2D eigenvalue weighted by molar-refractivity contribution is 0.719. The molecule has 120 valence electrons. The van der Waals surface area contributed by atoms with Crippen molar-refractivity contribution in [1.82, 2.24) is 14.2 Å². The number of nitrogens with zero attached hydrogens (tertiary/aromatic N) is 3. The summed E-state index contributed by atoms with van der Waals surface area (Å²) in [6, 6.07) is 25.9.